The fourth-order valence-corrected chi connectivity index (χ4v) is 3.59. The fraction of sp³-hybridized carbons (Fsp3) is 0.238. The maximum absolute atomic E-state index is 13.1. The number of aryl methyl sites for hydroxylation is 3. The first kappa shape index (κ1) is 18.9. The molecular weight excluding hydrogens is 358 g/mol. The van der Waals surface area contributed by atoms with Crippen LogP contribution in [0.2, 0.25) is 0 Å². The van der Waals surface area contributed by atoms with Gasteiger partial charge in [-0.15, -0.1) is 0 Å². The van der Waals surface area contributed by atoms with E-state index in [9.17, 15) is 9.59 Å². The van der Waals surface area contributed by atoms with Crippen LogP contribution in [-0.4, -0.2) is 23.1 Å². The third-order valence-electron chi connectivity index (χ3n) is 4.43. The minimum absolute atomic E-state index is 0.104. The number of carbonyl (C=O) groups is 2. The summed E-state index contributed by atoms with van der Waals surface area (Å²) in [7, 11) is 0. The lowest BCUT2D eigenvalue weighted by molar-refractivity contribution is -0.130. The summed E-state index contributed by atoms with van der Waals surface area (Å²) in [6, 6.07) is 13.6. The van der Waals surface area contributed by atoms with E-state index in [1.165, 1.54) is 11.1 Å². The molecule has 1 aliphatic rings. The van der Waals surface area contributed by atoms with Gasteiger partial charge in [0.1, 0.15) is 0 Å². The zero-order chi connectivity index (χ0) is 19.6. The summed E-state index contributed by atoms with van der Waals surface area (Å²) in [5.74, 6) is -1.82. The molecule has 1 heterocycles. The minimum Gasteiger partial charge on any atom is -0.301 e. The highest BCUT2D eigenvalue weighted by molar-refractivity contribution is 7.80. The zero-order valence-corrected chi connectivity index (χ0v) is 16.3. The second-order valence-electron chi connectivity index (χ2n) is 6.67. The Morgan fingerprint density at radius 2 is 1.74 bits per heavy atom. The van der Waals surface area contributed by atoms with Crippen LogP contribution in [0.3, 0.4) is 0 Å². The van der Waals surface area contributed by atoms with E-state index >= 15 is 0 Å². The Bertz CT molecular complexity index is 915. The van der Waals surface area contributed by atoms with Gasteiger partial charge in [-0.1, -0.05) is 48.0 Å². The quantitative estimate of drug-likeness (QED) is 0.504. The molecule has 0 spiro atoms. The number of nitrogens with zero attached hydrogens (tertiary/aromatic N) is 2. The zero-order valence-electron chi connectivity index (χ0n) is 15.5. The molecule has 2 aromatic rings. The lowest BCUT2D eigenvalue weighted by atomic mass is 10.0. The van der Waals surface area contributed by atoms with Crippen molar-refractivity contribution < 1.29 is 9.59 Å². The number of thiocarbonyl (C=S) groups is 1. The first-order valence-corrected chi connectivity index (χ1v) is 9.10. The highest BCUT2D eigenvalue weighted by Gasteiger charge is 2.39. The predicted octanol–water partition coefficient (Wildman–Crippen LogP) is 3.25. The standard InChI is InChI=1S/C21H21N3O2S/c1-13-9-14(2)18(15(3)10-13)24-20(26)17(19(25)23-21(24)27)12-22-11-16-7-5-4-6-8-16/h4-10,12,17H,11H2,1-3H3,(H,23,25,27)/t17-/m0/s1. The van der Waals surface area contributed by atoms with Crippen molar-refractivity contribution in [2.24, 2.45) is 10.9 Å². The van der Waals surface area contributed by atoms with Gasteiger partial charge in [0.15, 0.2) is 11.0 Å². The van der Waals surface area contributed by atoms with Crippen LogP contribution in [0.25, 0.3) is 0 Å². The molecule has 0 bridgehead atoms. The van der Waals surface area contributed by atoms with Gasteiger partial charge >= 0.3 is 0 Å². The van der Waals surface area contributed by atoms with E-state index in [-0.39, 0.29) is 11.0 Å². The van der Waals surface area contributed by atoms with E-state index in [1.54, 1.807) is 0 Å². The Kier molecular flexibility index (Phi) is 5.46. The average molecular weight is 379 g/mol. The van der Waals surface area contributed by atoms with Crippen molar-refractivity contribution in [3.63, 3.8) is 0 Å². The number of aliphatic imine (C=N–C) groups is 1. The molecule has 2 amide bonds. The maximum atomic E-state index is 13.1. The fourth-order valence-electron chi connectivity index (χ4n) is 3.31. The molecule has 2 aromatic carbocycles. The van der Waals surface area contributed by atoms with Crippen LogP contribution in [-0.2, 0) is 16.1 Å². The summed E-state index contributed by atoms with van der Waals surface area (Å²) in [6.45, 7) is 6.27. The predicted molar refractivity (Wildman–Crippen MR) is 111 cm³/mol. The first-order valence-electron chi connectivity index (χ1n) is 8.69. The first-order chi connectivity index (χ1) is 12.9. The smallest absolute Gasteiger partial charge is 0.251 e. The van der Waals surface area contributed by atoms with Crippen LogP contribution in [0, 0.1) is 26.7 Å². The third-order valence-corrected chi connectivity index (χ3v) is 4.72. The number of nitrogens with one attached hydrogen (secondary N) is 1. The van der Waals surface area contributed by atoms with Crippen molar-refractivity contribution in [3.8, 4) is 0 Å². The summed E-state index contributed by atoms with van der Waals surface area (Å²) in [5, 5.41) is 2.74. The summed E-state index contributed by atoms with van der Waals surface area (Å²) in [6.07, 6.45) is 1.41. The topological polar surface area (TPSA) is 61.8 Å². The highest BCUT2D eigenvalue weighted by atomic mass is 32.1. The number of benzene rings is 2. The summed E-state index contributed by atoms with van der Waals surface area (Å²) < 4.78 is 0. The summed E-state index contributed by atoms with van der Waals surface area (Å²) >= 11 is 5.29. The van der Waals surface area contributed by atoms with Gasteiger partial charge in [0.05, 0.1) is 12.2 Å². The second kappa shape index (κ2) is 7.80. The van der Waals surface area contributed by atoms with Crippen LogP contribution in [0.1, 0.15) is 22.3 Å². The maximum Gasteiger partial charge on any atom is 0.251 e. The molecule has 5 nitrogen and oxygen atoms in total. The van der Waals surface area contributed by atoms with Crippen LogP contribution in [0.5, 0.6) is 0 Å². The molecule has 0 saturated carbocycles. The molecule has 0 aliphatic carbocycles. The lowest BCUT2D eigenvalue weighted by Gasteiger charge is -2.33. The van der Waals surface area contributed by atoms with E-state index < -0.39 is 11.8 Å². The Labute approximate surface area is 164 Å². The summed E-state index contributed by atoms with van der Waals surface area (Å²) in [4.78, 5) is 31.1. The van der Waals surface area contributed by atoms with Crippen LogP contribution >= 0.6 is 12.2 Å². The van der Waals surface area contributed by atoms with Crippen LogP contribution in [0.15, 0.2) is 47.5 Å². The third kappa shape index (κ3) is 3.95. The van der Waals surface area contributed by atoms with Gasteiger partial charge in [0, 0.05) is 6.21 Å². The molecule has 0 radical (unpaired) electrons. The van der Waals surface area contributed by atoms with E-state index in [0.29, 0.717) is 6.54 Å². The lowest BCUT2D eigenvalue weighted by Crippen LogP contribution is -2.58. The number of anilines is 1. The van der Waals surface area contributed by atoms with E-state index in [0.717, 1.165) is 27.9 Å². The van der Waals surface area contributed by atoms with Gasteiger partial charge in [-0.2, -0.15) is 0 Å². The Balaban J connectivity index is 1.88. The molecule has 1 fully saturated rings. The molecule has 1 aliphatic heterocycles. The van der Waals surface area contributed by atoms with Crippen LogP contribution in [0.4, 0.5) is 5.69 Å². The van der Waals surface area contributed by atoms with Crippen molar-refractivity contribution in [2.75, 3.05) is 4.90 Å². The van der Waals surface area contributed by atoms with Gasteiger partial charge in [-0.3, -0.25) is 19.5 Å². The molecule has 3 rings (SSSR count). The number of amides is 2. The number of hydrogen-bond donors (Lipinski definition) is 1. The van der Waals surface area contributed by atoms with Gasteiger partial charge < -0.3 is 5.32 Å². The SMILES string of the molecule is Cc1cc(C)c(N2C(=O)[C@@H](C=NCc3ccccc3)C(=O)NC2=S)c(C)c1. The largest absolute Gasteiger partial charge is 0.301 e. The molecule has 0 aromatic heterocycles. The van der Waals surface area contributed by atoms with Crippen molar-refractivity contribution >= 4 is 41.0 Å². The highest BCUT2D eigenvalue weighted by Crippen LogP contribution is 2.29. The molecule has 6 heteroatoms. The van der Waals surface area contributed by atoms with Crippen LogP contribution < -0.4 is 10.2 Å². The van der Waals surface area contributed by atoms with Gasteiger partial charge in [0.2, 0.25) is 5.91 Å². The Morgan fingerprint density at radius 3 is 2.37 bits per heavy atom. The Hall–Kier alpha value is -2.86. The van der Waals surface area contributed by atoms with Gasteiger partial charge in [0.25, 0.3) is 5.91 Å². The normalized spacial score (nSPS) is 17.5. The van der Waals surface area contributed by atoms with E-state index in [1.807, 2.05) is 63.2 Å². The summed E-state index contributed by atoms with van der Waals surface area (Å²) in [5.41, 5.74) is 4.69. The second-order valence-corrected chi connectivity index (χ2v) is 7.06. The van der Waals surface area contributed by atoms with Crippen molar-refractivity contribution in [1.29, 1.82) is 0 Å². The molecule has 1 saturated heterocycles. The molecule has 138 valence electrons. The van der Waals surface area contributed by atoms with E-state index in [2.05, 4.69) is 10.3 Å². The molecule has 1 atom stereocenters. The van der Waals surface area contributed by atoms with E-state index in [4.69, 9.17) is 12.2 Å². The van der Waals surface area contributed by atoms with Crippen molar-refractivity contribution in [1.82, 2.24) is 5.32 Å². The minimum atomic E-state index is -1.000. The molecular formula is C21H21N3O2S. The molecule has 1 N–H and O–H groups in total. The number of rotatable bonds is 4. The van der Waals surface area contributed by atoms with Gasteiger partial charge in [-0.25, -0.2) is 0 Å². The monoisotopic (exact) mass is 379 g/mol. The van der Waals surface area contributed by atoms with Crippen molar-refractivity contribution in [3.05, 3.63) is 64.7 Å². The molecule has 0 unspecified atom stereocenters. The Morgan fingerprint density at radius 1 is 1.11 bits per heavy atom. The van der Waals surface area contributed by atoms with Crippen molar-refractivity contribution in [2.45, 2.75) is 27.3 Å². The van der Waals surface area contributed by atoms with Gasteiger partial charge in [-0.05, 0) is 49.7 Å². The number of carbonyl (C=O) groups excluding carboxylic acids is 2. The number of hydrogen-bond acceptors (Lipinski definition) is 4. The molecule has 27 heavy (non-hydrogen) atoms. The average Bonchev–Trinajstić information content (AvgIpc) is 2.60.